The van der Waals surface area contributed by atoms with Gasteiger partial charge in [-0.15, -0.1) is 0 Å². The standard InChI is InChI=1S/C14H11N3/c1-10-12(14-7-4-8-15-17-14)9-11-5-2-3-6-13(11)16-10/h2-9H,1H3. The third kappa shape index (κ3) is 1.76. The predicted molar refractivity (Wildman–Crippen MR) is 67.5 cm³/mol. The fraction of sp³-hybridized carbons (Fsp3) is 0.0714. The highest BCUT2D eigenvalue weighted by atomic mass is 15.1. The lowest BCUT2D eigenvalue weighted by molar-refractivity contribution is 1.03. The van der Waals surface area contributed by atoms with Crippen LogP contribution in [0.5, 0.6) is 0 Å². The minimum absolute atomic E-state index is 0.864. The van der Waals surface area contributed by atoms with E-state index in [9.17, 15) is 0 Å². The van der Waals surface area contributed by atoms with Gasteiger partial charge < -0.3 is 0 Å². The first kappa shape index (κ1) is 9.90. The molecule has 0 radical (unpaired) electrons. The third-order valence-corrected chi connectivity index (χ3v) is 2.76. The van der Waals surface area contributed by atoms with E-state index < -0.39 is 0 Å². The number of aryl methyl sites for hydroxylation is 1. The van der Waals surface area contributed by atoms with Crippen LogP contribution in [0.4, 0.5) is 0 Å². The Morgan fingerprint density at radius 2 is 1.88 bits per heavy atom. The summed E-state index contributed by atoms with van der Waals surface area (Å²) in [4.78, 5) is 4.58. The summed E-state index contributed by atoms with van der Waals surface area (Å²) in [6.45, 7) is 2.00. The lowest BCUT2D eigenvalue weighted by atomic mass is 10.1. The van der Waals surface area contributed by atoms with Crippen LogP contribution in [-0.4, -0.2) is 15.2 Å². The number of hydrogen-bond acceptors (Lipinski definition) is 3. The Kier molecular flexibility index (Phi) is 2.29. The highest BCUT2D eigenvalue weighted by Crippen LogP contribution is 2.23. The topological polar surface area (TPSA) is 38.7 Å². The summed E-state index contributed by atoms with van der Waals surface area (Å²) < 4.78 is 0. The van der Waals surface area contributed by atoms with E-state index in [2.05, 4.69) is 27.3 Å². The number of benzene rings is 1. The molecular formula is C14H11N3. The normalized spacial score (nSPS) is 10.6. The summed E-state index contributed by atoms with van der Waals surface area (Å²) in [5.74, 6) is 0. The van der Waals surface area contributed by atoms with E-state index in [-0.39, 0.29) is 0 Å². The molecule has 0 saturated heterocycles. The molecule has 3 aromatic rings. The van der Waals surface area contributed by atoms with Crippen LogP contribution >= 0.6 is 0 Å². The van der Waals surface area contributed by atoms with E-state index in [1.807, 2.05) is 37.3 Å². The van der Waals surface area contributed by atoms with Gasteiger partial charge in [0.15, 0.2) is 0 Å². The van der Waals surface area contributed by atoms with Crippen molar-refractivity contribution in [2.75, 3.05) is 0 Å². The Hall–Kier alpha value is -2.29. The van der Waals surface area contributed by atoms with Crippen LogP contribution in [-0.2, 0) is 0 Å². The van der Waals surface area contributed by atoms with Crippen molar-refractivity contribution in [3.8, 4) is 11.3 Å². The van der Waals surface area contributed by atoms with Gasteiger partial charge in [0, 0.05) is 22.8 Å². The minimum atomic E-state index is 0.864. The van der Waals surface area contributed by atoms with Crippen LogP contribution in [0.2, 0.25) is 0 Å². The van der Waals surface area contributed by atoms with Crippen LogP contribution in [0.25, 0.3) is 22.2 Å². The van der Waals surface area contributed by atoms with Gasteiger partial charge in [0.1, 0.15) is 0 Å². The zero-order chi connectivity index (χ0) is 11.7. The van der Waals surface area contributed by atoms with Gasteiger partial charge in [-0.05, 0) is 31.2 Å². The Morgan fingerprint density at radius 1 is 1.00 bits per heavy atom. The number of hydrogen-bond donors (Lipinski definition) is 0. The first-order valence-electron chi connectivity index (χ1n) is 5.49. The first-order chi connectivity index (χ1) is 8.34. The van der Waals surface area contributed by atoms with Crippen molar-refractivity contribution in [2.45, 2.75) is 6.92 Å². The van der Waals surface area contributed by atoms with Gasteiger partial charge >= 0.3 is 0 Å². The van der Waals surface area contributed by atoms with E-state index in [0.29, 0.717) is 0 Å². The van der Waals surface area contributed by atoms with E-state index >= 15 is 0 Å². The van der Waals surface area contributed by atoms with Gasteiger partial charge in [0.2, 0.25) is 0 Å². The molecule has 0 aliphatic carbocycles. The maximum atomic E-state index is 4.58. The molecule has 3 nitrogen and oxygen atoms in total. The molecule has 0 unspecified atom stereocenters. The molecule has 0 N–H and O–H groups in total. The lowest BCUT2D eigenvalue weighted by Gasteiger charge is -2.05. The number of fused-ring (bicyclic) bond motifs is 1. The van der Waals surface area contributed by atoms with E-state index in [0.717, 1.165) is 27.9 Å². The summed E-state index contributed by atoms with van der Waals surface area (Å²) in [7, 11) is 0. The van der Waals surface area contributed by atoms with Crippen molar-refractivity contribution in [1.29, 1.82) is 0 Å². The second kappa shape index (κ2) is 3.94. The number of para-hydroxylation sites is 1. The SMILES string of the molecule is Cc1nc2ccccc2cc1-c1cccnn1. The van der Waals surface area contributed by atoms with Crippen LogP contribution in [0.3, 0.4) is 0 Å². The minimum Gasteiger partial charge on any atom is -0.252 e. The molecule has 2 heterocycles. The summed E-state index contributed by atoms with van der Waals surface area (Å²) in [5.41, 5.74) is 3.89. The molecule has 1 aromatic carbocycles. The Morgan fingerprint density at radius 3 is 2.71 bits per heavy atom. The lowest BCUT2D eigenvalue weighted by Crippen LogP contribution is -1.92. The van der Waals surface area contributed by atoms with Gasteiger partial charge in [0.25, 0.3) is 0 Å². The van der Waals surface area contributed by atoms with Gasteiger partial charge in [-0.25, -0.2) is 0 Å². The van der Waals surface area contributed by atoms with Crippen molar-refractivity contribution >= 4 is 10.9 Å². The zero-order valence-corrected chi connectivity index (χ0v) is 9.46. The number of nitrogens with zero attached hydrogens (tertiary/aromatic N) is 3. The molecule has 0 aliphatic rings. The molecule has 0 bridgehead atoms. The van der Waals surface area contributed by atoms with Gasteiger partial charge in [-0.3, -0.25) is 4.98 Å². The quantitative estimate of drug-likeness (QED) is 0.634. The molecule has 17 heavy (non-hydrogen) atoms. The van der Waals surface area contributed by atoms with Crippen molar-refractivity contribution in [3.63, 3.8) is 0 Å². The van der Waals surface area contributed by atoms with Crippen molar-refractivity contribution in [1.82, 2.24) is 15.2 Å². The Labute approximate surface area is 99.2 Å². The second-order valence-corrected chi connectivity index (χ2v) is 3.92. The van der Waals surface area contributed by atoms with Gasteiger partial charge in [-0.2, -0.15) is 10.2 Å². The number of pyridine rings is 1. The van der Waals surface area contributed by atoms with Gasteiger partial charge in [-0.1, -0.05) is 18.2 Å². The largest absolute Gasteiger partial charge is 0.252 e. The average Bonchev–Trinajstić information content (AvgIpc) is 2.39. The maximum Gasteiger partial charge on any atom is 0.0948 e. The van der Waals surface area contributed by atoms with Gasteiger partial charge in [0.05, 0.1) is 11.2 Å². The zero-order valence-electron chi connectivity index (χ0n) is 9.46. The Balaban J connectivity index is 2.27. The molecule has 82 valence electrons. The molecule has 0 fully saturated rings. The van der Waals surface area contributed by atoms with Crippen LogP contribution in [0.1, 0.15) is 5.69 Å². The van der Waals surface area contributed by atoms with Crippen LogP contribution < -0.4 is 0 Å². The van der Waals surface area contributed by atoms with Crippen molar-refractivity contribution in [3.05, 3.63) is 54.4 Å². The molecule has 3 heteroatoms. The predicted octanol–water partition coefficient (Wildman–Crippen LogP) is 3.00. The highest BCUT2D eigenvalue weighted by Gasteiger charge is 2.06. The van der Waals surface area contributed by atoms with Crippen molar-refractivity contribution < 1.29 is 0 Å². The fourth-order valence-corrected chi connectivity index (χ4v) is 1.92. The number of rotatable bonds is 1. The molecule has 0 spiro atoms. The maximum absolute atomic E-state index is 4.58. The monoisotopic (exact) mass is 221 g/mol. The fourth-order valence-electron chi connectivity index (χ4n) is 1.92. The second-order valence-electron chi connectivity index (χ2n) is 3.92. The van der Waals surface area contributed by atoms with E-state index in [1.54, 1.807) is 6.20 Å². The molecule has 0 aliphatic heterocycles. The molecule has 0 amide bonds. The molecule has 3 rings (SSSR count). The molecule has 0 atom stereocenters. The molecule has 0 saturated carbocycles. The molecule has 2 aromatic heterocycles. The summed E-state index contributed by atoms with van der Waals surface area (Å²) in [5, 5.41) is 9.15. The van der Waals surface area contributed by atoms with Crippen LogP contribution in [0.15, 0.2) is 48.7 Å². The first-order valence-corrected chi connectivity index (χ1v) is 5.49. The van der Waals surface area contributed by atoms with E-state index in [4.69, 9.17) is 0 Å². The third-order valence-electron chi connectivity index (χ3n) is 2.76. The van der Waals surface area contributed by atoms with E-state index in [1.165, 1.54) is 0 Å². The van der Waals surface area contributed by atoms with Crippen LogP contribution in [0, 0.1) is 6.92 Å². The average molecular weight is 221 g/mol. The Bertz CT molecular complexity index is 663. The number of aromatic nitrogens is 3. The summed E-state index contributed by atoms with van der Waals surface area (Å²) in [6.07, 6.45) is 1.67. The summed E-state index contributed by atoms with van der Waals surface area (Å²) in [6, 6.07) is 14.0. The van der Waals surface area contributed by atoms with Crippen molar-refractivity contribution in [2.24, 2.45) is 0 Å². The highest BCUT2D eigenvalue weighted by molar-refractivity contribution is 5.84. The summed E-state index contributed by atoms with van der Waals surface area (Å²) >= 11 is 0. The molecular weight excluding hydrogens is 210 g/mol. The smallest absolute Gasteiger partial charge is 0.0948 e.